The van der Waals surface area contributed by atoms with Gasteiger partial charge in [-0.25, -0.2) is 0 Å². The number of ether oxygens (including phenoxy) is 1. The van der Waals surface area contributed by atoms with Crippen LogP contribution in [0, 0.1) is 5.41 Å². The number of esters is 1. The maximum Gasteiger partial charge on any atom is 0.311 e. The maximum atomic E-state index is 12.7. The number of hydrogen-bond acceptors (Lipinski definition) is 2. The summed E-state index contributed by atoms with van der Waals surface area (Å²) in [6.07, 6.45) is 28.2. The average Bonchev–Trinajstić information content (AvgIpc) is 2.76. The van der Waals surface area contributed by atoms with Crippen molar-refractivity contribution in [2.45, 2.75) is 169 Å². The Bertz CT molecular complexity index is 379. The lowest BCUT2D eigenvalue weighted by Gasteiger charge is -2.27. The first-order valence-corrected chi connectivity index (χ1v) is 14.3. The Morgan fingerprint density at radius 1 is 0.516 bits per heavy atom. The molecule has 0 amide bonds. The van der Waals surface area contributed by atoms with Gasteiger partial charge in [0.05, 0.1) is 12.0 Å². The average molecular weight is 439 g/mol. The van der Waals surface area contributed by atoms with Crippen LogP contribution >= 0.6 is 0 Å². The second-order valence-electron chi connectivity index (χ2n) is 10.2. The van der Waals surface area contributed by atoms with Crippen LogP contribution in [-0.4, -0.2) is 12.6 Å². The smallest absolute Gasteiger partial charge is 0.311 e. The number of carbonyl (C=O) groups is 1. The summed E-state index contributed by atoms with van der Waals surface area (Å²) in [6.45, 7) is 9.48. The van der Waals surface area contributed by atoms with Gasteiger partial charge >= 0.3 is 5.97 Å². The van der Waals surface area contributed by atoms with Crippen molar-refractivity contribution in [3.05, 3.63) is 0 Å². The van der Waals surface area contributed by atoms with E-state index in [-0.39, 0.29) is 11.4 Å². The third-order valence-corrected chi connectivity index (χ3v) is 6.86. The minimum Gasteiger partial charge on any atom is -0.465 e. The quantitative estimate of drug-likeness (QED) is 0.111. The molecule has 0 aromatic rings. The van der Waals surface area contributed by atoms with E-state index >= 15 is 0 Å². The van der Waals surface area contributed by atoms with Crippen LogP contribution in [0.2, 0.25) is 0 Å². The highest BCUT2D eigenvalue weighted by Crippen LogP contribution is 2.32. The molecule has 0 aromatic heterocycles. The molecule has 0 aliphatic rings. The van der Waals surface area contributed by atoms with Crippen LogP contribution in [0.1, 0.15) is 169 Å². The van der Waals surface area contributed by atoms with E-state index in [2.05, 4.69) is 27.7 Å². The van der Waals surface area contributed by atoms with Crippen molar-refractivity contribution in [1.29, 1.82) is 0 Å². The van der Waals surface area contributed by atoms with E-state index < -0.39 is 0 Å². The summed E-state index contributed by atoms with van der Waals surface area (Å²) in [5, 5.41) is 0. The zero-order valence-corrected chi connectivity index (χ0v) is 22.1. The Morgan fingerprint density at radius 3 is 1.32 bits per heavy atom. The Kier molecular flexibility index (Phi) is 22.3. The topological polar surface area (TPSA) is 26.3 Å². The fourth-order valence-corrected chi connectivity index (χ4v) is 4.64. The molecule has 0 saturated carbocycles. The van der Waals surface area contributed by atoms with Gasteiger partial charge in [0.25, 0.3) is 0 Å². The van der Waals surface area contributed by atoms with Crippen LogP contribution in [0.3, 0.4) is 0 Å². The SMILES string of the molecule is CCCCCCCCCCCCCCOC(=O)C(C)(CCC)CCCCCCCCC. The molecule has 2 heteroatoms. The fraction of sp³-hybridized carbons (Fsp3) is 0.966. The first-order chi connectivity index (χ1) is 15.1. The molecule has 0 aliphatic carbocycles. The van der Waals surface area contributed by atoms with Crippen molar-refractivity contribution in [3.8, 4) is 0 Å². The van der Waals surface area contributed by atoms with Gasteiger partial charge in [-0.15, -0.1) is 0 Å². The van der Waals surface area contributed by atoms with Crippen LogP contribution < -0.4 is 0 Å². The molecule has 31 heavy (non-hydrogen) atoms. The van der Waals surface area contributed by atoms with Crippen LogP contribution in [0.15, 0.2) is 0 Å². The van der Waals surface area contributed by atoms with Gasteiger partial charge in [0.1, 0.15) is 0 Å². The number of rotatable bonds is 24. The molecule has 1 atom stereocenters. The molecule has 0 spiro atoms. The van der Waals surface area contributed by atoms with E-state index in [0.717, 1.165) is 32.1 Å². The first kappa shape index (κ1) is 30.5. The Morgan fingerprint density at radius 2 is 0.903 bits per heavy atom. The summed E-state index contributed by atoms with van der Waals surface area (Å²) in [4.78, 5) is 12.7. The van der Waals surface area contributed by atoms with Crippen molar-refractivity contribution in [2.75, 3.05) is 6.61 Å². The largest absolute Gasteiger partial charge is 0.465 e. The lowest BCUT2D eigenvalue weighted by atomic mass is 9.80. The van der Waals surface area contributed by atoms with Crippen molar-refractivity contribution in [3.63, 3.8) is 0 Å². The van der Waals surface area contributed by atoms with Gasteiger partial charge in [0.15, 0.2) is 0 Å². The molecular formula is C29H58O2. The lowest BCUT2D eigenvalue weighted by Crippen LogP contribution is -2.30. The molecule has 0 aromatic carbocycles. The third kappa shape index (κ3) is 18.7. The second kappa shape index (κ2) is 22.7. The van der Waals surface area contributed by atoms with Crippen molar-refractivity contribution in [2.24, 2.45) is 5.41 Å². The zero-order valence-electron chi connectivity index (χ0n) is 22.1. The molecule has 0 radical (unpaired) electrons. The monoisotopic (exact) mass is 438 g/mol. The third-order valence-electron chi connectivity index (χ3n) is 6.86. The van der Waals surface area contributed by atoms with Gasteiger partial charge in [-0.1, -0.05) is 143 Å². The highest BCUT2D eigenvalue weighted by Gasteiger charge is 2.33. The van der Waals surface area contributed by atoms with Gasteiger partial charge in [-0.05, 0) is 26.2 Å². The van der Waals surface area contributed by atoms with Crippen LogP contribution in [-0.2, 0) is 9.53 Å². The zero-order chi connectivity index (χ0) is 23.0. The Balaban J connectivity index is 3.73. The molecule has 0 aliphatic heterocycles. The normalized spacial score (nSPS) is 13.3. The summed E-state index contributed by atoms with van der Waals surface area (Å²) in [5.74, 6) is 0.0587. The molecule has 0 rings (SSSR count). The second-order valence-corrected chi connectivity index (χ2v) is 10.2. The first-order valence-electron chi connectivity index (χ1n) is 14.3. The molecule has 0 fully saturated rings. The minimum atomic E-state index is -0.269. The number of carbonyl (C=O) groups excluding carboxylic acids is 1. The summed E-state index contributed by atoms with van der Waals surface area (Å²) in [6, 6.07) is 0. The summed E-state index contributed by atoms with van der Waals surface area (Å²) in [7, 11) is 0. The van der Waals surface area contributed by atoms with E-state index in [4.69, 9.17) is 4.74 Å². The van der Waals surface area contributed by atoms with Crippen LogP contribution in [0.5, 0.6) is 0 Å². The molecule has 2 nitrogen and oxygen atoms in total. The van der Waals surface area contributed by atoms with Crippen molar-refractivity contribution >= 4 is 5.97 Å². The van der Waals surface area contributed by atoms with Gasteiger partial charge in [-0.2, -0.15) is 0 Å². The highest BCUT2D eigenvalue weighted by molar-refractivity contribution is 5.76. The molecule has 0 N–H and O–H groups in total. The number of hydrogen-bond donors (Lipinski definition) is 0. The molecule has 1 unspecified atom stereocenters. The van der Waals surface area contributed by atoms with Gasteiger partial charge in [0.2, 0.25) is 0 Å². The van der Waals surface area contributed by atoms with E-state index in [0.29, 0.717) is 6.61 Å². The van der Waals surface area contributed by atoms with Gasteiger partial charge in [-0.3, -0.25) is 4.79 Å². The van der Waals surface area contributed by atoms with Gasteiger partial charge < -0.3 is 4.74 Å². The van der Waals surface area contributed by atoms with Crippen LogP contribution in [0.4, 0.5) is 0 Å². The van der Waals surface area contributed by atoms with Crippen LogP contribution in [0.25, 0.3) is 0 Å². The van der Waals surface area contributed by atoms with Gasteiger partial charge in [0, 0.05) is 0 Å². The molecule has 0 heterocycles. The molecule has 186 valence electrons. The summed E-state index contributed by atoms with van der Waals surface area (Å²) < 4.78 is 5.72. The predicted octanol–water partition coefficient (Wildman–Crippen LogP) is 10.2. The molecule has 0 saturated heterocycles. The Hall–Kier alpha value is -0.530. The predicted molar refractivity (Wildman–Crippen MR) is 138 cm³/mol. The molecule has 0 bridgehead atoms. The van der Waals surface area contributed by atoms with E-state index in [1.165, 1.54) is 109 Å². The lowest BCUT2D eigenvalue weighted by molar-refractivity contribution is -0.156. The van der Waals surface area contributed by atoms with E-state index in [1.807, 2.05) is 0 Å². The standard InChI is InChI=1S/C29H58O2/c1-5-8-10-12-14-15-16-17-18-20-22-24-27-31-28(30)29(4,25-7-3)26-23-21-19-13-11-9-6-2/h5-27H2,1-4H3. The highest BCUT2D eigenvalue weighted by atomic mass is 16.5. The van der Waals surface area contributed by atoms with E-state index in [1.54, 1.807) is 0 Å². The van der Waals surface area contributed by atoms with Crippen molar-refractivity contribution in [1.82, 2.24) is 0 Å². The van der Waals surface area contributed by atoms with E-state index in [9.17, 15) is 4.79 Å². The minimum absolute atomic E-state index is 0.0587. The fourth-order valence-electron chi connectivity index (χ4n) is 4.64. The Labute approximate surface area is 196 Å². The summed E-state index contributed by atoms with van der Waals surface area (Å²) >= 11 is 0. The molecular weight excluding hydrogens is 380 g/mol. The number of unbranched alkanes of at least 4 members (excludes halogenated alkanes) is 17. The van der Waals surface area contributed by atoms with Crippen molar-refractivity contribution < 1.29 is 9.53 Å². The summed E-state index contributed by atoms with van der Waals surface area (Å²) in [5.41, 5.74) is -0.269. The maximum absolute atomic E-state index is 12.7.